The van der Waals surface area contributed by atoms with Gasteiger partial charge in [-0.05, 0) is 49.9 Å². The predicted molar refractivity (Wildman–Crippen MR) is 110 cm³/mol. The number of carbonyl (C=O) groups excluding carboxylic acids is 2. The zero-order chi connectivity index (χ0) is 20.8. The minimum atomic E-state index is -0.576. The fourth-order valence-electron chi connectivity index (χ4n) is 3.42. The summed E-state index contributed by atoms with van der Waals surface area (Å²) in [6, 6.07) is 12.5. The van der Waals surface area contributed by atoms with Gasteiger partial charge in [-0.15, -0.1) is 0 Å². The standard InChI is InChI=1S/C22H27N3O4/c1-16(29-18-7-4-3-5-8-18)20(26)23-15-17-10-13-25(14-11-17)22(28)19-9-6-12-24(2)21(19)27/h3-9,12,16-17H,10-11,13-15H2,1-2H3,(H,23,26). The Hall–Kier alpha value is -3.09. The predicted octanol–water partition coefficient (Wildman–Crippen LogP) is 1.82. The molecule has 2 aromatic rings. The molecule has 2 amide bonds. The summed E-state index contributed by atoms with van der Waals surface area (Å²) in [5.74, 6) is 0.582. The molecule has 7 heteroatoms. The Morgan fingerprint density at radius 1 is 1.14 bits per heavy atom. The van der Waals surface area contributed by atoms with Gasteiger partial charge in [-0.1, -0.05) is 18.2 Å². The first-order valence-corrected chi connectivity index (χ1v) is 9.90. The van der Waals surface area contributed by atoms with Crippen LogP contribution in [0, 0.1) is 5.92 Å². The number of pyridine rings is 1. The van der Waals surface area contributed by atoms with Gasteiger partial charge in [0.15, 0.2) is 6.10 Å². The molecule has 1 aliphatic heterocycles. The summed E-state index contributed by atoms with van der Waals surface area (Å²) in [5.41, 5.74) is -0.0760. The largest absolute Gasteiger partial charge is 0.481 e. The van der Waals surface area contributed by atoms with Gasteiger partial charge in [-0.25, -0.2) is 0 Å². The third-order valence-corrected chi connectivity index (χ3v) is 5.25. The van der Waals surface area contributed by atoms with Gasteiger partial charge in [0, 0.05) is 32.9 Å². The SMILES string of the molecule is CC(Oc1ccccc1)C(=O)NCC1CCN(C(=O)c2cccn(C)c2=O)CC1. The van der Waals surface area contributed by atoms with Crippen LogP contribution < -0.4 is 15.6 Å². The van der Waals surface area contributed by atoms with Gasteiger partial charge in [0.1, 0.15) is 11.3 Å². The second-order valence-electron chi connectivity index (χ2n) is 7.39. The molecule has 0 saturated carbocycles. The van der Waals surface area contributed by atoms with Gasteiger partial charge >= 0.3 is 0 Å². The molecule has 1 N–H and O–H groups in total. The number of nitrogens with one attached hydrogen (secondary N) is 1. The first-order valence-electron chi connectivity index (χ1n) is 9.90. The molecule has 0 aliphatic carbocycles. The Morgan fingerprint density at radius 3 is 2.52 bits per heavy atom. The Kier molecular flexibility index (Phi) is 6.69. The van der Waals surface area contributed by atoms with Crippen LogP contribution in [0.4, 0.5) is 0 Å². The smallest absolute Gasteiger partial charge is 0.263 e. The van der Waals surface area contributed by atoms with E-state index in [1.165, 1.54) is 4.57 Å². The Bertz CT molecular complexity index is 902. The number of para-hydroxylation sites is 1. The molecule has 154 valence electrons. The second kappa shape index (κ2) is 9.41. The van der Waals surface area contributed by atoms with E-state index in [9.17, 15) is 14.4 Å². The van der Waals surface area contributed by atoms with Crippen LogP contribution >= 0.6 is 0 Å². The van der Waals surface area contributed by atoms with Crippen molar-refractivity contribution in [3.63, 3.8) is 0 Å². The van der Waals surface area contributed by atoms with E-state index in [-0.39, 0.29) is 22.9 Å². The molecule has 1 aromatic carbocycles. The van der Waals surface area contributed by atoms with E-state index < -0.39 is 6.10 Å². The Labute approximate surface area is 170 Å². The molecule has 1 aliphatic rings. The Morgan fingerprint density at radius 2 is 1.83 bits per heavy atom. The lowest BCUT2D eigenvalue weighted by Gasteiger charge is -2.32. The van der Waals surface area contributed by atoms with Crippen LogP contribution in [-0.2, 0) is 11.8 Å². The van der Waals surface area contributed by atoms with Gasteiger partial charge in [-0.2, -0.15) is 0 Å². The first kappa shape index (κ1) is 20.6. The summed E-state index contributed by atoms with van der Waals surface area (Å²) >= 11 is 0. The fourth-order valence-corrected chi connectivity index (χ4v) is 3.42. The molecule has 1 aromatic heterocycles. The number of nitrogens with zero attached hydrogens (tertiary/aromatic N) is 2. The highest BCUT2D eigenvalue weighted by Gasteiger charge is 2.26. The Balaban J connectivity index is 1.45. The maximum atomic E-state index is 12.6. The number of ether oxygens (including phenoxy) is 1. The number of benzene rings is 1. The van der Waals surface area contributed by atoms with Crippen LogP contribution in [0.15, 0.2) is 53.5 Å². The number of rotatable bonds is 6. The molecule has 0 bridgehead atoms. The van der Waals surface area contributed by atoms with Gasteiger partial charge in [-0.3, -0.25) is 14.4 Å². The number of hydrogen-bond acceptors (Lipinski definition) is 4. The highest BCUT2D eigenvalue weighted by Crippen LogP contribution is 2.18. The van der Waals surface area contributed by atoms with E-state index in [1.54, 1.807) is 37.2 Å². The molecule has 3 rings (SSSR count). The molecule has 0 spiro atoms. The summed E-state index contributed by atoms with van der Waals surface area (Å²) < 4.78 is 7.05. The lowest BCUT2D eigenvalue weighted by molar-refractivity contribution is -0.127. The van der Waals surface area contributed by atoms with Crippen LogP contribution in [0.1, 0.15) is 30.1 Å². The van der Waals surface area contributed by atoms with Crippen LogP contribution in [0.3, 0.4) is 0 Å². The van der Waals surface area contributed by atoms with E-state index in [2.05, 4.69) is 5.32 Å². The number of hydrogen-bond donors (Lipinski definition) is 1. The van der Waals surface area contributed by atoms with Crippen molar-refractivity contribution < 1.29 is 14.3 Å². The molecule has 0 radical (unpaired) electrons. The number of aromatic nitrogens is 1. The van der Waals surface area contributed by atoms with E-state index in [0.29, 0.717) is 31.3 Å². The van der Waals surface area contributed by atoms with Crippen LogP contribution in [0.2, 0.25) is 0 Å². The topological polar surface area (TPSA) is 80.6 Å². The fraction of sp³-hybridized carbons (Fsp3) is 0.409. The number of likely N-dealkylation sites (tertiary alicyclic amines) is 1. The summed E-state index contributed by atoms with van der Waals surface area (Å²) in [5, 5.41) is 2.94. The highest BCUT2D eigenvalue weighted by molar-refractivity contribution is 5.93. The quantitative estimate of drug-likeness (QED) is 0.806. The highest BCUT2D eigenvalue weighted by atomic mass is 16.5. The third-order valence-electron chi connectivity index (χ3n) is 5.25. The maximum Gasteiger partial charge on any atom is 0.263 e. The van der Waals surface area contributed by atoms with E-state index in [4.69, 9.17) is 4.74 Å². The van der Waals surface area contributed by atoms with E-state index in [0.717, 1.165) is 12.8 Å². The van der Waals surface area contributed by atoms with Gasteiger partial charge in [0.2, 0.25) is 0 Å². The van der Waals surface area contributed by atoms with Gasteiger partial charge in [0.05, 0.1) is 0 Å². The molecule has 1 saturated heterocycles. The normalized spacial score (nSPS) is 15.6. The van der Waals surface area contributed by atoms with Crippen molar-refractivity contribution in [1.29, 1.82) is 0 Å². The molecular weight excluding hydrogens is 370 g/mol. The number of piperidine rings is 1. The second-order valence-corrected chi connectivity index (χ2v) is 7.39. The molecule has 1 fully saturated rings. The van der Waals surface area contributed by atoms with Crippen molar-refractivity contribution >= 4 is 11.8 Å². The van der Waals surface area contributed by atoms with Crippen LogP contribution in [0.25, 0.3) is 0 Å². The molecule has 2 heterocycles. The van der Waals surface area contributed by atoms with Crippen LogP contribution in [-0.4, -0.2) is 47.0 Å². The summed E-state index contributed by atoms with van der Waals surface area (Å²) in [4.78, 5) is 38.8. The summed E-state index contributed by atoms with van der Waals surface area (Å²) in [6.07, 6.45) is 2.63. The zero-order valence-corrected chi connectivity index (χ0v) is 16.8. The van der Waals surface area contributed by atoms with Gasteiger partial charge < -0.3 is 19.5 Å². The number of aryl methyl sites for hydroxylation is 1. The molecule has 1 unspecified atom stereocenters. The monoisotopic (exact) mass is 397 g/mol. The number of amides is 2. The van der Waals surface area contributed by atoms with Crippen molar-refractivity contribution in [3.8, 4) is 5.75 Å². The number of carbonyl (C=O) groups is 2. The summed E-state index contributed by atoms with van der Waals surface area (Å²) in [7, 11) is 1.64. The lowest BCUT2D eigenvalue weighted by atomic mass is 9.96. The average molecular weight is 397 g/mol. The van der Waals surface area contributed by atoms with Crippen molar-refractivity contribution in [2.24, 2.45) is 13.0 Å². The van der Waals surface area contributed by atoms with Gasteiger partial charge in [0.25, 0.3) is 17.4 Å². The maximum absolute atomic E-state index is 12.6. The van der Waals surface area contributed by atoms with Crippen LogP contribution in [0.5, 0.6) is 5.75 Å². The van der Waals surface area contributed by atoms with E-state index >= 15 is 0 Å². The summed E-state index contributed by atoms with van der Waals surface area (Å²) in [6.45, 7) is 3.43. The molecule has 29 heavy (non-hydrogen) atoms. The van der Waals surface area contributed by atoms with Crippen molar-refractivity contribution in [2.75, 3.05) is 19.6 Å². The molecule has 1 atom stereocenters. The molecule has 7 nitrogen and oxygen atoms in total. The molecular formula is C22H27N3O4. The minimum absolute atomic E-state index is 0.153. The van der Waals surface area contributed by atoms with Crippen molar-refractivity contribution in [2.45, 2.75) is 25.9 Å². The van der Waals surface area contributed by atoms with E-state index in [1.807, 2.05) is 30.3 Å². The zero-order valence-electron chi connectivity index (χ0n) is 16.8. The average Bonchev–Trinajstić information content (AvgIpc) is 2.74. The lowest BCUT2D eigenvalue weighted by Crippen LogP contribution is -2.44. The minimum Gasteiger partial charge on any atom is -0.481 e. The first-order chi connectivity index (χ1) is 14.0. The van der Waals surface area contributed by atoms with Crippen molar-refractivity contribution in [1.82, 2.24) is 14.8 Å². The van der Waals surface area contributed by atoms with Crippen molar-refractivity contribution in [3.05, 3.63) is 64.6 Å². The third kappa shape index (κ3) is 5.25.